The first kappa shape index (κ1) is 13.9. The maximum atomic E-state index is 12.4. The quantitative estimate of drug-likeness (QED) is 0.780. The SMILES string of the molecule is CCc1c(C(=O)NCc2cccs2)oc2ccc(C)cc12. The molecule has 0 saturated heterocycles. The molecule has 1 amide bonds. The van der Waals surface area contributed by atoms with Gasteiger partial charge in [0.1, 0.15) is 5.58 Å². The van der Waals surface area contributed by atoms with Gasteiger partial charge in [0.25, 0.3) is 5.91 Å². The average molecular weight is 299 g/mol. The largest absolute Gasteiger partial charge is 0.451 e. The number of aryl methyl sites for hydroxylation is 2. The van der Waals surface area contributed by atoms with Crippen LogP contribution >= 0.6 is 11.3 Å². The summed E-state index contributed by atoms with van der Waals surface area (Å²) in [4.78, 5) is 13.5. The van der Waals surface area contributed by atoms with Crippen LogP contribution in [0.3, 0.4) is 0 Å². The zero-order chi connectivity index (χ0) is 14.8. The summed E-state index contributed by atoms with van der Waals surface area (Å²) in [6.45, 7) is 4.63. The summed E-state index contributed by atoms with van der Waals surface area (Å²) in [6.07, 6.45) is 0.776. The molecule has 3 rings (SSSR count). The second-order valence-corrected chi connectivity index (χ2v) is 6.06. The molecule has 1 aromatic carbocycles. The molecule has 108 valence electrons. The third kappa shape index (κ3) is 2.72. The summed E-state index contributed by atoms with van der Waals surface area (Å²) in [6, 6.07) is 9.99. The zero-order valence-electron chi connectivity index (χ0n) is 12.1. The lowest BCUT2D eigenvalue weighted by Crippen LogP contribution is -2.22. The van der Waals surface area contributed by atoms with Crippen molar-refractivity contribution in [2.24, 2.45) is 0 Å². The minimum absolute atomic E-state index is 0.144. The fourth-order valence-corrected chi connectivity index (χ4v) is 3.10. The van der Waals surface area contributed by atoms with E-state index in [1.54, 1.807) is 11.3 Å². The molecular weight excluding hydrogens is 282 g/mol. The van der Waals surface area contributed by atoms with E-state index in [2.05, 4.69) is 11.4 Å². The molecule has 0 atom stereocenters. The van der Waals surface area contributed by atoms with E-state index in [0.717, 1.165) is 27.8 Å². The van der Waals surface area contributed by atoms with Crippen LogP contribution in [0.1, 0.15) is 33.5 Å². The van der Waals surface area contributed by atoms with Crippen LogP contribution in [0.4, 0.5) is 0 Å². The number of hydrogen-bond donors (Lipinski definition) is 1. The molecule has 2 aromatic heterocycles. The average Bonchev–Trinajstić information content (AvgIpc) is 3.11. The Morgan fingerprint density at radius 3 is 2.90 bits per heavy atom. The van der Waals surface area contributed by atoms with Crippen molar-refractivity contribution < 1.29 is 9.21 Å². The van der Waals surface area contributed by atoms with Crippen LogP contribution in [0.25, 0.3) is 11.0 Å². The van der Waals surface area contributed by atoms with Crippen molar-refractivity contribution >= 4 is 28.2 Å². The summed E-state index contributed by atoms with van der Waals surface area (Å²) >= 11 is 1.63. The Balaban J connectivity index is 1.90. The van der Waals surface area contributed by atoms with Gasteiger partial charge in [-0.05, 0) is 36.9 Å². The van der Waals surface area contributed by atoms with Crippen molar-refractivity contribution in [2.45, 2.75) is 26.8 Å². The first-order valence-electron chi connectivity index (χ1n) is 7.01. The molecule has 0 bridgehead atoms. The molecule has 0 aliphatic heterocycles. The summed E-state index contributed by atoms with van der Waals surface area (Å²) in [5.41, 5.74) is 2.93. The molecule has 3 aromatic rings. The Kier molecular flexibility index (Phi) is 3.80. The van der Waals surface area contributed by atoms with Crippen molar-refractivity contribution in [1.82, 2.24) is 5.32 Å². The Labute approximate surface area is 127 Å². The van der Waals surface area contributed by atoms with E-state index in [9.17, 15) is 4.79 Å². The van der Waals surface area contributed by atoms with E-state index in [1.165, 1.54) is 5.56 Å². The number of carbonyl (C=O) groups is 1. The molecule has 0 radical (unpaired) electrons. The van der Waals surface area contributed by atoms with Crippen molar-refractivity contribution in [1.29, 1.82) is 0 Å². The highest BCUT2D eigenvalue weighted by Gasteiger charge is 2.19. The Morgan fingerprint density at radius 1 is 1.33 bits per heavy atom. The molecule has 3 nitrogen and oxygen atoms in total. The maximum absolute atomic E-state index is 12.4. The van der Waals surface area contributed by atoms with Crippen LogP contribution in [0.2, 0.25) is 0 Å². The Bertz CT molecular complexity index is 772. The van der Waals surface area contributed by atoms with Gasteiger partial charge in [0.05, 0.1) is 6.54 Å². The van der Waals surface area contributed by atoms with Gasteiger partial charge in [-0.2, -0.15) is 0 Å². The highest BCUT2D eigenvalue weighted by atomic mass is 32.1. The topological polar surface area (TPSA) is 42.2 Å². The monoisotopic (exact) mass is 299 g/mol. The van der Waals surface area contributed by atoms with Crippen LogP contribution in [-0.4, -0.2) is 5.91 Å². The molecule has 0 unspecified atom stereocenters. The van der Waals surface area contributed by atoms with Gasteiger partial charge in [-0.25, -0.2) is 0 Å². The minimum atomic E-state index is -0.144. The van der Waals surface area contributed by atoms with Gasteiger partial charge >= 0.3 is 0 Å². The zero-order valence-corrected chi connectivity index (χ0v) is 12.9. The highest BCUT2D eigenvalue weighted by Crippen LogP contribution is 2.27. The van der Waals surface area contributed by atoms with E-state index < -0.39 is 0 Å². The van der Waals surface area contributed by atoms with Gasteiger partial charge in [-0.15, -0.1) is 11.3 Å². The van der Waals surface area contributed by atoms with Crippen LogP contribution in [0.5, 0.6) is 0 Å². The first-order chi connectivity index (χ1) is 10.2. The lowest BCUT2D eigenvalue weighted by atomic mass is 10.1. The van der Waals surface area contributed by atoms with E-state index >= 15 is 0 Å². The van der Waals surface area contributed by atoms with E-state index in [-0.39, 0.29) is 5.91 Å². The summed E-state index contributed by atoms with van der Waals surface area (Å²) < 4.78 is 5.77. The predicted molar refractivity (Wildman–Crippen MR) is 85.8 cm³/mol. The van der Waals surface area contributed by atoms with Gasteiger partial charge in [0.2, 0.25) is 0 Å². The predicted octanol–water partition coefficient (Wildman–Crippen LogP) is 4.30. The second-order valence-electron chi connectivity index (χ2n) is 5.02. The van der Waals surface area contributed by atoms with Crippen molar-refractivity contribution in [2.75, 3.05) is 0 Å². The van der Waals surface area contributed by atoms with Crippen molar-refractivity contribution in [3.63, 3.8) is 0 Å². The van der Waals surface area contributed by atoms with Gasteiger partial charge in [-0.1, -0.05) is 24.6 Å². The van der Waals surface area contributed by atoms with E-state index in [4.69, 9.17) is 4.42 Å². The van der Waals surface area contributed by atoms with Crippen LogP contribution < -0.4 is 5.32 Å². The van der Waals surface area contributed by atoms with E-state index in [1.807, 2.05) is 43.5 Å². The number of furan rings is 1. The summed E-state index contributed by atoms with van der Waals surface area (Å²) in [7, 11) is 0. The normalized spacial score (nSPS) is 11.0. The molecule has 2 heterocycles. The third-order valence-corrected chi connectivity index (χ3v) is 4.39. The van der Waals surface area contributed by atoms with Gasteiger partial charge in [0.15, 0.2) is 5.76 Å². The third-order valence-electron chi connectivity index (χ3n) is 3.51. The van der Waals surface area contributed by atoms with Crippen molar-refractivity contribution in [3.8, 4) is 0 Å². The molecule has 21 heavy (non-hydrogen) atoms. The Morgan fingerprint density at radius 2 is 2.19 bits per heavy atom. The fourth-order valence-electron chi connectivity index (χ4n) is 2.46. The molecule has 0 spiro atoms. The van der Waals surface area contributed by atoms with Crippen LogP contribution in [0.15, 0.2) is 40.1 Å². The van der Waals surface area contributed by atoms with Gasteiger partial charge in [0, 0.05) is 15.8 Å². The number of thiophene rings is 1. The lowest BCUT2D eigenvalue weighted by Gasteiger charge is -2.02. The molecule has 0 aliphatic rings. The molecule has 0 saturated carbocycles. The van der Waals surface area contributed by atoms with Crippen LogP contribution in [-0.2, 0) is 13.0 Å². The molecule has 0 fully saturated rings. The highest BCUT2D eigenvalue weighted by molar-refractivity contribution is 7.09. The number of rotatable bonds is 4. The molecule has 4 heteroatoms. The minimum Gasteiger partial charge on any atom is -0.451 e. The Hall–Kier alpha value is -2.07. The van der Waals surface area contributed by atoms with Gasteiger partial charge < -0.3 is 9.73 Å². The standard InChI is InChI=1S/C17H17NO2S/c1-3-13-14-9-11(2)6-7-15(14)20-16(13)17(19)18-10-12-5-4-8-21-12/h4-9H,3,10H2,1-2H3,(H,18,19). The van der Waals surface area contributed by atoms with Crippen molar-refractivity contribution in [3.05, 3.63) is 57.5 Å². The number of benzene rings is 1. The number of nitrogens with one attached hydrogen (secondary N) is 1. The first-order valence-corrected chi connectivity index (χ1v) is 7.89. The summed E-state index contributed by atoms with van der Waals surface area (Å²) in [5, 5.41) is 5.97. The number of fused-ring (bicyclic) bond motifs is 1. The van der Waals surface area contributed by atoms with Gasteiger partial charge in [-0.3, -0.25) is 4.79 Å². The summed E-state index contributed by atoms with van der Waals surface area (Å²) in [5.74, 6) is 0.295. The molecule has 1 N–H and O–H groups in total. The van der Waals surface area contributed by atoms with E-state index in [0.29, 0.717) is 12.3 Å². The number of hydrogen-bond acceptors (Lipinski definition) is 3. The number of carbonyl (C=O) groups excluding carboxylic acids is 1. The maximum Gasteiger partial charge on any atom is 0.287 e. The van der Waals surface area contributed by atoms with Crippen LogP contribution in [0, 0.1) is 6.92 Å². The molecular formula is C17H17NO2S. The fraction of sp³-hybridized carbons (Fsp3) is 0.235. The number of amides is 1. The lowest BCUT2D eigenvalue weighted by molar-refractivity contribution is 0.0924. The second kappa shape index (κ2) is 5.74. The molecule has 0 aliphatic carbocycles. The smallest absolute Gasteiger partial charge is 0.287 e.